The van der Waals surface area contributed by atoms with E-state index in [0.717, 1.165) is 18.8 Å². The number of nitrogens with one attached hydrogen (secondary N) is 2. The minimum atomic E-state index is -0.534. The molecule has 0 bridgehead atoms. The third kappa shape index (κ3) is 5.02. The van der Waals surface area contributed by atoms with Crippen molar-refractivity contribution in [2.45, 2.75) is 25.6 Å². The smallest absolute Gasteiger partial charge is 0.191 e. The highest BCUT2D eigenvalue weighted by Crippen LogP contribution is 2.26. The minimum absolute atomic E-state index is 0.0364. The highest BCUT2D eigenvalue weighted by atomic mass is 19.1. The van der Waals surface area contributed by atoms with Gasteiger partial charge in [-0.25, -0.2) is 13.8 Å². The van der Waals surface area contributed by atoms with E-state index in [1.54, 1.807) is 18.1 Å². The number of imidazole rings is 1. The van der Waals surface area contributed by atoms with Crippen LogP contribution < -0.4 is 15.5 Å². The summed E-state index contributed by atoms with van der Waals surface area (Å²) in [6.07, 6.45) is 4.50. The standard InChI is InChI=1S/C23H26F2N6/c1-26-23(28-14-21-27-11-13-30(21)15-17-6-3-2-4-7-17)29-18-10-12-31(16-18)22-19(24)8-5-9-20(22)25/h2-9,11,13,18H,10,12,14-16H2,1H3,(H2,26,28,29). The number of rotatable bonds is 6. The summed E-state index contributed by atoms with van der Waals surface area (Å²) in [7, 11) is 1.70. The van der Waals surface area contributed by atoms with Crippen molar-refractivity contribution in [2.24, 2.45) is 4.99 Å². The number of para-hydroxylation sites is 1. The summed E-state index contributed by atoms with van der Waals surface area (Å²) in [5, 5.41) is 6.64. The van der Waals surface area contributed by atoms with Crippen LogP contribution >= 0.6 is 0 Å². The van der Waals surface area contributed by atoms with Gasteiger partial charge in [0.15, 0.2) is 5.96 Å². The number of aromatic nitrogens is 2. The number of halogens is 2. The fourth-order valence-electron chi connectivity index (χ4n) is 3.85. The minimum Gasteiger partial charge on any atom is -0.365 e. The number of guanidine groups is 1. The first kappa shape index (κ1) is 20.8. The Balaban J connectivity index is 1.33. The second-order valence-electron chi connectivity index (χ2n) is 7.53. The van der Waals surface area contributed by atoms with Gasteiger partial charge in [-0.1, -0.05) is 36.4 Å². The van der Waals surface area contributed by atoms with Crippen LogP contribution in [0.25, 0.3) is 0 Å². The first-order valence-corrected chi connectivity index (χ1v) is 10.3. The molecule has 162 valence electrons. The average Bonchev–Trinajstić information content (AvgIpc) is 3.41. The second-order valence-corrected chi connectivity index (χ2v) is 7.53. The molecule has 4 rings (SSSR count). The quantitative estimate of drug-likeness (QED) is 0.472. The molecule has 2 aromatic carbocycles. The van der Waals surface area contributed by atoms with Crippen LogP contribution in [0, 0.1) is 11.6 Å². The zero-order chi connectivity index (χ0) is 21.6. The molecule has 1 fully saturated rings. The van der Waals surface area contributed by atoms with Crippen LogP contribution in [0.15, 0.2) is 65.9 Å². The maximum Gasteiger partial charge on any atom is 0.191 e. The summed E-state index contributed by atoms with van der Waals surface area (Å²) >= 11 is 0. The largest absolute Gasteiger partial charge is 0.365 e. The van der Waals surface area contributed by atoms with Crippen LogP contribution in [-0.2, 0) is 13.1 Å². The Morgan fingerprint density at radius 2 is 1.90 bits per heavy atom. The van der Waals surface area contributed by atoms with Gasteiger partial charge < -0.3 is 20.1 Å². The van der Waals surface area contributed by atoms with E-state index >= 15 is 0 Å². The number of nitrogens with zero attached hydrogens (tertiary/aromatic N) is 4. The summed E-state index contributed by atoms with van der Waals surface area (Å²) in [6, 6.07) is 14.2. The van der Waals surface area contributed by atoms with E-state index in [4.69, 9.17) is 0 Å². The molecule has 2 N–H and O–H groups in total. The Hall–Kier alpha value is -3.42. The number of hydrogen-bond donors (Lipinski definition) is 2. The molecule has 0 aliphatic carbocycles. The van der Waals surface area contributed by atoms with Gasteiger partial charge in [-0.3, -0.25) is 4.99 Å². The van der Waals surface area contributed by atoms with E-state index in [1.807, 2.05) is 24.4 Å². The molecule has 1 atom stereocenters. The maximum atomic E-state index is 14.1. The van der Waals surface area contributed by atoms with Gasteiger partial charge in [0.2, 0.25) is 0 Å². The average molecular weight is 424 g/mol. The fraction of sp³-hybridized carbons (Fsp3) is 0.304. The van der Waals surface area contributed by atoms with Crippen molar-refractivity contribution in [3.05, 3.63) is 83.9 Å². The molecule has 0 amide bonds. The van der Waals surface area contributed by atoms with E-state index in [0.29, 0.717) is 25.6 Å². The highest BCUT2D eigenvalue weighted by molar-refractivity contribution is 5.80. The molecule has 1 aliphatic rings. The van der Waals surface area contributed by atoms with E-state index in [-0.39, 0.29) is 11.7 Å². The first-order chi connectivity index (χ1) is 15.1. The molecule has 8 heteroatoms. The molecule has 31 heavy (non-hydrogen) atoms. The molecule has 6 nitrogen and oxygen atoms in total. The van der Waals surface area contributed by atoms with Gasteiger partial charge in [0, 0.05) is 45.1 Å². The van der Waals surface area contributed by atoms with Crippen molar-refractivity contribution in [1.29, 1.82) is 0 Å². The van der Waals surface area contributed by atoms with Crippen molar-refractivity contribution in [2.75, 3.05) is 25.0 Å². The van der Waals surface area contributed by atoms with E-state index < -0.39 is 11.6 Å². The Kier molecular flexibility index (Phi) is 6.45. The van der Waals surface area contributed by atoms with Crippen LogP contribution in [0.4, 0.5) is 14.5 Å². The van der Waals surface area contributed by atoms with Gasteiger partial charge in [0.25, 0.3) is 0 Å². The lowest BCUT2D eigenvalue weighted by molar-refractivity contribution is 0.575. The molecule has 1 aromatic heterocycles. The number of anilines is 1. The Labute approximate surface area is 180 Å². The van der Waals surface area contributed by atoms with Gasteiger partial charge in [0.05, 0.1) is 6.54 Å². The number of aliphatic imine (C=N–C) groups is 1. The predicted molar refractivity (Wildman–Crippen MR) is 118 cm³/mol. The van der Waals surface area contributed by atoms with Crippen molar-refractivity contribution in [3.63, 3.8) is 0 Å². The summed E-state index contributed by atoms with van der Waals surface area (Å²) in [5.41, 5.74) is 1.24. The lowest BCUT2D eigenvalue weighted by Gasteiger charge is -2.21. The van der Waals surface area contributed by atoms with E-state index in [2.05, 4.69) is 37.3 Å². The second kappa shape index (κ2) is 9.59. The van der Waals surface area contributed by atoms with E-state index in [1.165, 1.54) is 23.8 Å². The lowest BCUT2D eigenvalue weighted by atomic mass is 10.2. The van der Waals surface area contributed by atoms with Crippen LogP contribution in [0.3, 0.4) is 0 Å². The van der Waals surface area contributed by atoms with Crippen molar-refractivity contribution in [3.8, 4) is 0 Å². The monoisotopic (exact) mass is 424 g/mol. The van der Waals surface area contributed by atoms with Crippen LogP contribution in [0.2, 0.25) is 0 Å². The Bertz CT molecular complexity index is 1010. The summed E-state index contributed by atoms with van der Waals surface area (Å²) < 4.78 is 30.3. The maximum absolute atomic E-state index is 14.1. The lowest BCUT2D eigenvalue weighted by Crippen LogP contribution is -2.44. The third-order valence-electron chi connectivity index (χ3n) is 5.42. The Morgan fingerprint density at radius 1 is 1.13 bits per heavy atom. The SMILES string of the molecule is CN=C(NCc1nccn1Cc1ccccc1)NC1CCN(c2c(F)cccc2F)C1. The third-order valence-corrected chi connectivity index (χ3v) is 5.42. The fourth-order valence-corrected chi connectivity index (χ4v) is 3.85. The molecule has 0 radical (unpaired) electrons. The molecule has 2 heterocycles. The van der Waals surface area contributed by atoms with Crippen LogP contribution in [0.5, 0.6) is 0 Å². The van der Waals surface area contributed by atoms with Crippen molar-refractivity contribution >= 4 is 11.6 Å². The first-order valence-electron chi connectivity index (χ1n) is 10.3. The van der Waals surface area contributed by atoms with Crippen molar-refractivity contribution < 1.29 is 8.78 Å². The molecule has 1 aliphatic heterocycles. The normalized spacial score (nSPS) is 16.5. The van der Waals surface area contributed by atoms with Gasteiger partial charge in [-0.2, -0.15) is 0 Å². The number of hydrogen-bond acceptors (Lipinski definition) is 3. The summed E-state index contributed by atoms with van der Waals surface area (Å²) in [4.78, 5) is 10.5. The molecule has 0 saturated carbocycles. The van der Waals surface area contributed by atoms with Crippen LogP contribution in [0.1, 0.15) is 17.8 Å². The number of benzene rings is 2. The highest BCUT2D eigenvalue weighted by Gasteiger charge is 2.27. The van der Waals surface area contributed by atoms with Gasteiger partial charge >= 0.3 is 0 Å². The molecule has 0 spiro atoms. The van der Waals surface area contributed by atoms with Gasteiger partial charge in [0.1, 0.15) is 23.1 Å². The summed E-state index contributed by atoms with van der Waals surface area (Å²) in [5.74, 6) is 0.463. The zero-order valence-corrected chi connectivity index (χ0v) is 17.4. The predicted octanol–water partition coefficient (Wildman–Crippen LogP) is 3.15. The van der Waals surface area contributed by atoms with Gasteiger partial charge in [-0.15, -0.1) is 0 Å². The van der Waals surface area contributed by atoms with Gasteiger partial charge in [-0.05, 0) is 24.1 Å². The molecule has 1 unspecified atom stereocenters. The summed E-state index contributed by atoms with van der Waals surface area (Å²) in [6.45, 7) is 2.34. The molecule has 3 aromatic rings. The zero-order valence-electron chi connectivity index (χ0n) is 17.4. The van der Waals surface area contributed by atoms with E-state index in [9.17, 15) is 8.78 Å². The molecular weight excluding hydrogens is 398 g/mol. The Morgan fingerprint density at radius 3 is 2.65 bits per heavy atom. The molecular formula is C23H26F2N6. The van der Waals surface area contributed by atoms with Crippen LogP contribution in [-0.4, -0.2) is 41.7 Å². The van der Waals surface area contributed by atoms with Crippen molar-refractivity contribution in [1.82, 2.24) is 20.2 Å². The topological polar surface area (TPSA) is 57.5 Å². The molecule has 1 saturated heterocycles.